The highest BCUT2D eigenvalue weighted by atomic mass is 16.3. The fourth-order valence-corrected chi connectivity index (χ4v) is 2.11. The lowest BCUT2D eigenvalue weighted by Gasteiger charge is -2.17. The quantitative estimate of drug-likeness (QED) is 0.628. The van der Waals surface area contributed by atoms with Gasteiger partial charge in [-0.05, 0) is 43.6 Å². The van der Waals surface area contributed by atoms with Crippen molar-refractivity contribution < 1.29 is 5.11 Å². The van der Waals surface area contributed by atoms with E-state index in [4.69, 9.17) is 5.11 Å². The highest BCUT2D eigenvalue weighted by Gasteiger charge is 2.41. The molecule has 1 aliphatic rings. The van der Waals surface area contributed by atoms with E-state index in [1.807, 2.05) is 0 Å². The first kappa shape index (κ1) is 12.0. The molecular formula is C12H25NO. The van der Waals surface area contributed by atoms with Crippen LogP contribution in [0.1, 0.15) is 46.0 Å². The molecule has 0 aromatic rings. The van der Waals surface area contributed by atoms with Gasteiger partial charge in [-0.25, -0.2) is 0 Å². The van der Waals surface area contributed by atoms with Crippen LogP contribution in [-0.2, 0) is 0 Å². The Labute approximate surface area is 88.1 Å². The van der Waals surface area contributed by atoms with Crippen molar-refractivity contribution in [3.63, 3.8) is 0 Å². The highest BCUT2D eigenvalue weighted by molar-refractivity contribution is 4.94. The molecule has 14 heavy (non-hydrogen) atoms. The molecule has 0 aliphatic heterocycles. The van der Waals surface area contributed by atoms with Crippen molar-refractivity contribution in [2.45, 2.75) is 46.0 Å². The molecule has 0 heterocycles. The molecule has 1 atom stereocenters. The third-order valence-electron chi connectivity index (χ3n) is 3.37. The van der Waals surface area contributed by atoms with Gasteiger partial charge in [0.05, 0.1) is 0 Å². The van der Waals surface area contributed by atoms with Crippen LogP contribution in [0.5, 0.6) is 0 Å². The van der Waals surface area contributed by atoms with Gasteiger partial charge in [-0.1, -0.05) is 20.3 Å². The number of aliphatic hydroxyl groups is 1. The van der Waals surface area contributed by atoms with E-state index in [2.05, 4.69) is 19.2 Å². The van der Waals surface area contributed by atoms with E-state index >= 15 is 0 Å². The van der Waals surface area contributed by atoms with Crippen molar-refractivity contribution in [1.82, 2.24) is 5.32 Å². The van der Waals surface area contributed by atoms with Crippen LogP contribution in [0.15, 0.2) is 0 Å². The maximum absolute atomic E-state index is 8.91. The minimum absolute atomic E-state index is 0.353. The first-order valence-electron chi connectivity index (χ1n) is 6.04. The zero-order chi connectivity index (χ0) is 10.4. The molecule has 0 aromatic carbocycles. The molecule has 0 amide bonds. The Kier molecular flexibility index (Phi) is 4.90. The van der Waals surface area contributed by atoms with E-state index in [-0.39, 0.29) is 0 Å². The van der Waals surface area contributed by atoms with Gasteiger partial charge in [-0.2, -0.15) is 0 Å². The summed E-state index contributed by atoms with van der Waals surface area (Å²) in [6, 6.07) is 0. The van der Waals surface area contributed by atoms with Gasteiger partial charge in [0.2, 0.25) is 0 Å². The maximum atomic E-state index is 8.91. The van der Waals surface area contributed by atoms with E-state index in [1.54, 1.807) is 0 Å². The topological polar surface area (TPSA) is 32.3 Å². The summed E-state index contributed by atoms with van der Waals surface area (Å²) >= 11 is 0. The van der Waals surface area contributed by atoms with Gasteiger partial charge >= 0.3 is 0 Å². The summed E-state index contributed by atoms with van der Waals surface area (Å²) in [6.45, 7) is 7.15. The van der Waals surface area contributed by atoms with Crippen molar-refractivity contribution >= 4 is 0 Å². The zero-order valence-corrected chi connectivity index (χ0v) is 9.68. The van der Waals surface area contributed by atoms with Gasteiger partial charge in [-0.3, -0.25) is 0 Å². The van der Waals surface area contributed by atoms with E-state index in [9.17, 15) is 0 Å². The Morgan fingerprint density at radius 3 is 2.64 bits per heavy atom. The Bertz CT molecular complexity index is 154. The molecule has 1 aliphatic carbocycles. The Morgan fingerprint density at radius 1 is 1.43 bits per heavy atom. The van der Waals surface area contributed by atoms with Crippen molar-refractivity contribution in [3.05, 3.63) is 0 Å². The van der Waals surface area contributed by atoms with E-state index < -0.39 is 0 Å². The molecule has 1 rings (SSSR count). The number of hydrogen-bond acceptors (Lipinski definition) is 2. The monoisotopic (exact) mass is 199 g/mol. The molecule has 1 fully saturated rings. The van der Waals surface area contributed by atoms with Crippen LogP contribution >= 0.6 is 0 Å². The van der Waals surface area contributed by atoms with Gasteiger partial charge in [0.15, 0.2) is 0 Å². The lowest BCUT2D eigenvalue weighted by molar-refractivity contribution is 0.244. The van der Waals surface area contributed by atoms with Gasteiger partial charge in [0.25, 0.3) is 0 Å². The van der Waals surface area contributed by atoms with Crippen molar-refractivity contribution in [2.75, 3.05) is 19.7 Å². The Morgan fingerprint density at radius 2 is 2.14 bits per heavy atom. The lowest BCUT2D eigenvalue weighted by atomic mass is 10.0. The predicted octanol–water partition coefficient (Wildman–Crippen LogP) is 2.17. The molecule has 0 bridgehead atoms. The van der Waals surface area contributed by atoms with Crippen LogP contribution in [-0.4, -0.2) is 24.8 Å². The number of hydrogen-bond donors (Lipinski definition) is 2. The third-order valence-corrected chi connectivity index (χ3v) is 3.37. The van der Waals surface area contributed by atoms with Crippen molar-refractivity contribution in [1.29, 1.82) is 0 Å². The third kappa shape index (κ3) is 3.97. The average molecular weight is 199 g/mol. The fourth-order valence-electron chi connectivity index (χ4n) is 2.11. The van der Waals surface area contributed by atoms with Crippen molar-refractivity contribution in [3.8, 4) is 0 Å². The SMILES string of the molecule is CCCC(C)CNCC1(CCO)CC1. The molecule has 2 nitrogen and oxygen atoms in total. The predicted molar refractivity (Wildman–Crippen MR) is 60.3 cm³/mol. The van der Waals surface area contributed by atoms with Gasteiger partial charge in [-0.15, -0.1) is 0 Å². The van der Waals surface area contributed by atoms with E-state index in [0.29, 0.717) is 12.0 Å². The smallest absolute Gasteiger partial charge is 0.0436 e. The zero-order valence-electron chi connectivity index (χ0n) is 9.68. The molecule has 84 valence electrons. The standard InChI is InChI=1S/C12H25NO/c1-3-4-11(2)9-13-10-12(5-6-12)7-8-14/h11,13-14H,3-10H2,1-2H3. The molecule has 0 saturated heterocycles. The summed E-state index contributed by atoms with van der Waals surface area (Å²) in [5.74, 6) is 0.796. The molecule has 1 saturated carbocycles. The Balaban J connectivity index is 2.03. The van der Waals surface area contributed by atoms with Gasteiger partial charge < -0.3 is 10.4 Å². The van der Waals surface area contributed by atoms with Gasteiger partial charge in [0.1, 0.15) is 0 Å². The molecule has 0 aromatic heterocycles. The van der Waals surface area contributed by atoms with Crippen LogP contribution < -0.4 is 5.32 Å². The van der Waals surface area contributed by atoms with Crippen LogP contribution in [0.25, 0.3) is 0 Å². The minimum Gasteiger partial charge on any atom is -0.396 e. The summed E-state index contributed by atoms with van der Waals surface area (Å²) < 4.78 is 0. The second-order valence-electron chi connectivity index (χ2n) is 5.00. The van der Waals surface area contributed by atoms with E-state index in [1.165, 1.54) is 25.7 Å². The van der Waals surface area contributed by atoms with Crippen LogP contribution in [0.2, 0.25) is 0 Å². The average Bonchev–Trinajstić information content (AvgIpc) is 2.86. The number of nitrogens with one attached hydrogen (secondary N) is 1. The summed E-state index contributed by atoms with van der Waals surface area (Å²) in [6.07, 6.45) is 6.21. The number of aliphatic hydroxyl groups excluding tert-OH is 1. The second kappa shape index (κ2) is 5.72. The summed E-state index contributed by atoms with van der Waals surface area (Å²) in [7, 11) is 0. The summed E-state index contributed by atoms with van der Waals surface area (Å²) in [5.41, 5.74) is 0.473. The molecular weight excluding hydrogens is 174 g/mol. The van der Waals surface area contributed by atoms with Gasteiger partial charge in [0, 0.05) is 13.2 Å². The molecule has 2 heteroatoms. The Hall–Kier alpha value is -0.0800. The lowest BCUT2D eigenvalue weighted by Crippen LogP contribution is -2.28. The fraction of sp³-hybridized carbons (Fsp3) is 1.00. The minimum atomic E-state index is 0.353. The maximum Gasteiger partial charge on any atom is 0.0436 e. The molecule has 2 N–H and O–H groups in total. The van der Waals surface area contributed by atoms with Crippen LogP contribution in [0, 0.1) is 11.3 Å². The van der Waals surface area contributed by atoms with Crippen molar-refractivity contribution in [2.24, 2.45) is 11.3 Å². The summed E-state index contributed by atoms with van der Waals surface area (Å²) in [4.78, 5) is 0. The first-order valence-corrected chi connectivity index (χ1v) is 6.04. The van der Waals surface area contributed by atoms with E-state index in [0.717, 1.165) is 25.4 Å². The summed E-state index contributed by atoms with van der Waals surface area (Å²) in [5, 5.41) is 12.5. The molecule has 0 radical (unpaired) electrons. The van der Waals surface area contributed by atoms with Crippen LogP contribution in [0.3, 0.4) is 0 Å². The first-order chi connectivity index (χ1) is 6.72. The number of rotatable bonds is 8. The van der Waals surface area contributed by atoms with Crippen LogP contribution in [0.4, 0.5) is 0 Å². The molecule has 1 unspecified atom stereocenters. The normalized spacial score (nSPS) is 20.8. The second-order valence-corrected chi connectivity index (χ2v) is 5.00. The largest absolute Gasteiger partial charge is 0.396 e. The highest BCUT2D eigenvalue weighted by Crippen LogP contribution is 2.47. The molecule has 0 spiro atoms.